The molecule has 0 spiro atoms. The first-order valence-electron chi connectivity index (χ1n) is 10.3. The summed E-state index contributed by atoms with van der Waals surface area (Å²) in [7, 11) is -0.491. The highest BCUT2D eigenvalue weighted by atomic mass is 32.2. The molecule has 1 heterocycles. The lowest BCUT2D eigenvalue weighted by molar-refractivity contribution is -0.120. The molecule has 0 unspecified atom stereocenters. The molecule has 0 radical (unpaired) electrons. The van der Waals surface area contributed by atoms with Crippen LogP contribution in [0, 0.1) is 0 Å². The third-order valence-electron chi connectivity index (χ3n) is 5.06. The van der Waals surface area contributed by atoms with E-state index < -0.39 is 21.8 Å². The molecular weight excluding hydrogens is 448 g/mol. The number of amides is 2. The minimum Gasteiger partial charge on any atom is -0.497 e. The normalized spacial score (nSPS) is 14.2. The Morgan fingerprint density at radius 1 is 1.06 bits per heavy atom. The van der Waals surface area contributed by atoms with Gasteiger partial charge < -0.3 is 14.8 Å². The Kier molecular flexibility index (Phi) is 8.01. The van der Waals surface area contributed by atoms with Crippen molar-refractivity contribution in [2.45, 2.75) is 17.7 Å². The smallest absolute Gasteiger partial charge is 0.259 e. The summed E-state index contributed by atoms with van der Waals surface area (Å²) in [5, 5.41) is 6.34. The van der Waals surface area contributed by atoms with E-state index in [1.165, 1.54) is 41.9 Å². The number of hydrazone groups is 1. The monoisotopic (exact) mass is 474 g/mol. The lowest BCUT2D eigenvalue weighted by atomic mass is 10.2. The van der Waals surface area contributed by atoms with Gasteiger partial charge in [0.05, 0.1) is 31.9 Å². The summed E-state index contributed by atoms with van der Waals surface area (Å²) in [6.45, 7) is 0.713. The predicted octanol–water partition coefficient (Wildman–Crippen LogP) is 1.37. The molecule has 1 fully saturated rings. The van der Waals surface area contributed by atoms with Crippen LogP contribution in [0.3, 0.4) is 0 Å². The maximum absolute atomic E-state index is 12.6. The largest absolute Gasteiger partial charge is 0.497 e. The molecule has 0 aliphatic carbocycles. The van der Waals surface area contributed by atoms with Gasteiger partial charge in [0.25, 0.3) is 11.8 Å². The molecule has 2 amide bonds. The van der Waals surface area contributed by atoms with Crippen LogP contribution in [0.4, 0.5) is 0 Å². The summed E-state index contributed by atoms with van der Waals surface area (Å²) >= 11 is 0. The third-order valence-corrected chi connectivity index (χ3v) is 6.98. The predicted molar refractivity (Wildman–Crippen MR) is 122 cm³/mol. The average molecular weight is 475 g/mol. The van der Waals surface area contributed by atoms with Crippen LogP contribution in [0.25, 0.3) is 0 Å². The number of rotatable bonds is 9. The second-order valence-electron chi connectivity index (χ2n) is 7.22. The summed E-state index contributed by atoms with van der Waals surface area (Å²) in [6.07, 6.45) is 3.11. The van der Waals surface area contributed by atoms with Crippen molar-refractivity contribution in [3.05, 3.63) is 53.6 Å². The van der Waals surface area contributed by atoms with Crippen molar-refractivity contribution in [1.82, 2.24) is 15.0 Å². The van der Waals surface area contributed by atoms with Gasteiger partial charge in [0.1, 0.15) is 11.5 Å². The van der Waals surface area contributed by atoms with E-state index in [1.54, 1.807) is 25.3 Å². The second kappa shape index (κ2) is 10.9. The van der Waals surface area contributed by atoms with Crippen molar-refractivity contribution < 1.29 is 27.5 Å². The lowest BCUT2D eigenvalue weighted by Crippen LogP contribution is -2.35. The molecule has 10 nitrogen and oxygen atoms in total. The Bertz CT molecular complexity index is 1130. The number of sulfonamides is 1. The Morgan fingerprint density at radius 2 is 1.76 bits per heavy atom. The molecule has 1 saturated heterocycles. The van der Waals surface area contributed by atoms with Crippen molar-refractivity contribution in [3.63, 3.8) is 0 Å². The number of ether oxygens (including phenoxy) is 2. The van der Waals surface area contributed by atoms with Gasteiger partial charge in [-0.25, -0.2) is 13.8 Å². The minimum absolute atomic E-state index is 0.141. The van der Waals surface area contributed by atoms with Crippen molar-refractivity contribution >= 4 is 28.1 Å². The Balaban J connectivity index is 1.51. The summed E-state index contributed by atoms with van der Waals surface area (Å²) in [5.41, 5.74) is 3.20. The van der Waals surface area contributed by atoms with Gasteiger partial charge in [-0.1, -0.05) is 0 Å². The van der Waals surface area contributed by atoms with E-state index in [4.69, 9.17) is 9.47 Å². The molecule has 1 aliphatic rings. The zero-order valence-electron chi connectivity index (χ0n) is 18.4. The van der Waals surface area contributed by atoms with Crippen LogP contribution in [-0.2, 0) is 14.8 Å². The summed E-state index contributed by atoms with van der Waals surface area (Å²) in [4.78, 5) is 24.4. The molecule has 11 heteroatoms. The topological polar surface area (TPSA) is 126 Å². The minimum atomic E-state index is -3.54. The van der Waals surface area contributed by atoms with Crippen molar-refractivity contribution in [3.8, 4) is 11.5 Å². The molecule has 0 atom stereocenters. The van der Waals surface area contributed by atoms with Crippen LogP contribution < -0.4 is 20.2 Å². The van der Waals surface area contributed by atoms with Crippen LogP contribution in [0.2, 0.25) is 0 Å². The van der Waals surface area contributed by atoms with Gasteiger partial charge in [-0.15, -0.1) is 0 Å². The molecule has 1 aliphatic heterocycles. The molecule has 2 aromatic rings. The van der Waals surface area contributed by atoms with Gasteiger partial charge in [-0.05, 0) is 49.2 Å². The number of nitrogens with zero attached hydrogens (tertiary/aromatic N) is 2. The second-order valence-corrected chi connectivity index (χ2v) is 9.16. The molecule has 176 valence electrons. The maximum Gasteiger partial charge on any atom is 0.259 e. The van der Waals surface area contributed by atoms with Crippen molar-refractivity contribution in [1.29, 1.82) is 0 Å². The van der Waals surface area contributed by atoms with Crippen molar-refractivity contribution in [2.24, 2.45) is 5.10 Å². The van der Waals surface area contributed by atoms with E-state index in [1.807, 2.05) is 0 Å². The number of benzene rings is 2. The van der Waals surface area contributed by atoms with E-state index in [-0.39, 0.29) is 17.0 Å². The van der Waals surface area contributed by atoms with Gasteiger partial charge in [-0.2, -0.15) is 9.41 Å². The standard InChI is InChI=1S/C22H26N4O6S/c1-31-18-8-5-17(20(13-18)32-2)14-24-25-21(27)15-23-22(28)16-6-9-19(10-7-16)33(29,30)26-11-3-4-12-26/h5-10,13-14H,3-4,11-12,15H2,1-2H3,(H,23,28)(H,25,27). The fourth-order valence-corrected chi connectivity index (χ4v) is 4.77. The highest BCUT2D eigenvalue weighted by Gasteiger charge is 2.27. The first kappa shape index (κ1) is 24.2. The van der Waals surface area contributed by atoms with Crippen LogP contribution in [0.5, 0.6) is 11.5 Å². The third kappa shape index (κ3) is 6.08. The molecule has 3 rings (SSSR count). The number of hydrogen-bond acceptors (Lipinski definition) is 7. The first-order valence-corrected chi connectivity index (χ1v) is 11.7. The first-order chi connectivity index (χ1) is 15.8. The lowest BCUT2D eigenvalue weighted by Gasteiger charge is -2.15. The Hall–Kier alpha value is -3.44. The zero-order valence-corrected chi connectivity index (χ0v) is 19.2. The Morgan fingerprint density at radius 3 is 2.39 bits per heavy atom. The fraction of sp³-hybridized carbons (Fsp3) is 0.318. The van der Waals surface area contributed by atoms with E-state index >= 15 is 0 Å². The Labute approximate surface area is 192 Å². The molecule has 0 saturated carbocycles. The van der Waals surface area contributed by atoms with Crippen LogP contribution in [-0.4, -0.2) is 64.6 Å². The number of nitrogens with one attached hydrogen (secondary N) is 2. The fourth-order valence-electron chi connectivity index (χ4n) is 3.26. The molecule has 2 N–H and O–H groups in total. The maximum atomic E-state index is 12.6. The number of carbonyl (C=O) groups excluding carboxylic acids is 2. The van der Waals surface area contributed by atoms with E-state index in [9.17, 15) is 18.0 Å². The van der Waals surface area contributed by atoms with Crippen LogP contribution >= 0.6 is 0 Å². The zero-order chi connectivity index (χ0) is 23.8. The summed E-state index contributed by atoms with van der Waals surface area (Å²) in [6, 6.07) is 10.8. The molecule has 0 bridgehead atoms. The van der Waals surface area contributed by atoms with Gasteiger partial charge in [0, 0.05) is 30.3 Å². The molecule has 2 aromatic carbocycles. The van der Waals surface area contributed by atoms with Gasteiger partial charge in [-0.3, -0.25) is 9.59 Å². The van der Waals surface area contributed by atoms with Gasteiger partial charge in [0.2, 0.25) is 10.0 Å². The highest BCUT2D eigenvalue weighted by Crippen LogP contribution is 2.23. The average Bonchev–Trinajstić information content (AvgIpc) is 3.39. The van der Waals surface area contributed by atoms with E-state index in [0.29, 0.717) is 30.2 Å². The number of hydrogen-bond donors (Lipinski definition) is 2. The van der Waals surface area contributed by atoms with Gasteiger partial charge in [0.15, 0.2) is 0 Å². The molecule has 0 aromatic heterocycles. The summed E-state index contributed by atoms with van der Waals surface area (Å²) < 4.78 is 36.9. The number of carbonyl (C=O) groups is 2. The van der Waals surface area contributed by atoms with Crippen molar-refractivity contribution in [2.75, 3.05) is 33.9 Å². The summed E-state index contributed by atoms with van der Waals surface area (Å²) in [5.74, 6) is 0.115. The SMILES string of the molecule is COc1ccc(C=NNC(=O)CNC(=O)c2ccc(S(=O)(=O)N3CCCC3)cc2)c(OC)c1. The molecular formula is C22H26N4O6S. The molecule has 33 heavy (non-hydrogen) atoms. The van der Waals surface area contributed by atoms with E-state index in [0.717, 1.165) is 12.8 Å². The highest BCUT2D eigenvalue weighted by molar-refractivity contribution is 7.89. The quantitative estimate of drug-likeness (QED) is 0.418. The van der Waals surface area contributed by atoms with Crippen LogP contribution in [0.15, 0.2) is 52.5 Å². The van der Waals surface area contributed by atoms with E-state index in [2.05, 4.69) is 15.8 Å². The van der Waals surface area contributed by atoms with Gasteiger partial charge >= 0.3 is 0 Å². The van der Waals surface area contributed by atoms with Crippen LogP contribution in [0.1, 0.15) is 28.8 Å². The number of methoxy groups -OCH3 is 2.